The van der Waals surface area contributed by atoms with Crippen molar-refractivity contribution in [3.05, 3.63) is 94.9 Å². The smallest absolute Gasteiger partial charge is 0.322 e. The summed E-state index contributed by atoms with van der Waals surface area (Å²) in [4.78, 5) is 22.9. The highest BCUT2D eigenvalue weighted by atomic mass is 35.5. The summed E-state index contributed by atoms with van der Waals surface area (Å²) in [6, 6.07) is 19.0. The van der Waals surface area contributed by atoms with E-state index in [4.69, 9.17) is 11.6 Å². The molecule has 2 aromatic heterocycles. The van der Waals surface area contributed by atoms with E-state index in [0.29, 0.717) is 17.3 Å². The molecule has 5 rings (SSSR count). The molecule has 29 heavy (non-hydrogen) atoms. The zero-order valence-electron chi connectivity index (χ0n) is 15.6. The number of amides is 2. The number of hydrogen-bond acceptors (Lipinski definition) is 2. The lowest BCUT2D eigenvalue weighted by Crippen LogP contribution is -2.43. The number of H-pyrrole nitrogens is 1. The highest BCUT2D eigenvalue weighted by Crippen LogP contribution is 2.38. The average molecular weight is 403 g/mol. The number of carbonyl (C=O) groups is 1. The summed E-state index contributed by atoms with van der Waals surface area (Å²) in [6.07, 6.45) is 4.35. The van der Waals surface area contributed by atoms with Gasteiger partial charge >= 0.3 is 6.03 Å². The van der Waals surface area contributed by atoms with E-state index in [0.717, 1.165) is 23.2 Å². The number of benzene rings is 2. The topological polar surface area (TPSA) is 61.0 Å². The molecule has 0 saturated heterocycles. The van der Waals surface area contributed by atoms with Crippen molar-refractivity contribution < 1.29 is 4.79 Å². The van der Waals surface area contributed by atoms with E-state index < -0.39 is 0 Å². The number of hydrogen-bond donors (Lipinski definition) is 2. The van der Waals surface area contributed by atoms with Gasteiger partial charge in [0.05, 0.1) is 10.7 Å². The maximum absolute atomic E-state index is 13.3. The van der Waals surface area contributed by atoms with Crippen molar-refractivity contribution in [3.8, 4) is 0 Å². The zero-order chi connectivity index (χ0) is 19.8. The van der Waals surface area contributed by atoms with Crippen LogP contribution < -0.4 is 5.32 Å². The molecule has 2 aromatic carbocycles. The molecule has 2 amide bonds. The van der Waals surface area contributed by atoms with Crippen LogP contribution in [0.5, 0.6) is 0 Å². The van der Waals surface area contributed by atoms with Crippen molar-refractivity contribution in [1.29, 1.82) is 0 Å². The van der Waals surface area contributed by atoms with E-state index in [-0.39, 0.29) is 12.1 Å². The van der Waals surface area contributed by atoms with Crippen LogP contribution in [0.2, 0.25) is 5.02 Å². The molecule has 0 fully saturated rings. The molecule has 4 aromatic rings. The monoisotopic (exact) mass is 402 g/mol. The van der Waals surface area contributed by atoms with Crippen LogP contribution in [0.25, 0.3) is 10.9 Å². The Morgan fingerprint density at radius 2 is 1.93 bits per heavy atom. The molecule has 2 N–H and O–H groups in total. The van der Waals surface area contributed by atoms with Crippen molar-refractivity contribution in [3.63, 3.8) is 0 Å². The van der Waals surface area contributed by atoms with Crippen molar-refractivity contribution in [2.24, 2.45) is 0 Å². The lowest BCUT2D eigenvalue weighted by atomic mass is 9.93. The normalized spacial score (nSPS) is 15.9. The minimum atomic E-state index is -0.248. The maximum Gasteiger partial charge on any atom is 0.322 e. The van der Waals surface area contributed by atoms with Crippen LogP contribution in [-0.4, -0.2) is 27.4 Å². The van der Waals surface area contributed by atoms with Crippen LogP contribution >= 0.6 is 11.6 Å². The Labute approximate surface area is 173 Å². The molecule has 0 radical (unpaired) electrons. The number of carbonyl (C=O) groups excluding carboxylic acids is 1. The molecular formula is C23H19ClN4O. The molecule has 1 aliphatic rings. The van der Waals surface area contributed by atoms with E-state index in [1.54, 1.807) is 18.3 Å². The SMILES string of the molecule is O=C(Nc1ccccc1Cl)N1CCc2c([nH]c3ccccc23)C1c1cccnc1. The second-order valence-electron chi connectivity index (χ2n) is 7.11. The van der Waals surface area contributed by atoms with E-state index in [9.17, 15) is 4.79 Å². The van der Waals surface area contributed by atoms with E-state index in [1.807, 2.05) is 47.5 Å². The molecule has 0 saturated carbocycles. The summed E-state index contributed by atoms with van der Waals surface area (Å²) >= 11 is 6.25. The van der Waals surface area contributed by atoms with Gasteiger partial charge in [-0.3, -0.25) is 4.98 Å². The number of aromatic amines is 1. The Hall–Kier alpha value is -3.31. The minimum Gasteiger partial charge on any atom is -0.356 e. The highest BCUT2D eigenvalue weighted by molar-refractivity contribution is 6.33. The number of para-hydroxylation sites is 2. The van der Waals surface area contributed by atoms with Gasteiger partial charge in [0.2, 0.25) is 0 Å². The zero-order valence-corrected chi connectivity index (χ0v) is 16.4. The molecule has 6 heteroatoms. The number of nitrogens with zero attached hydrogens (tertiary/aromatic N) is 2. The van der Waals surface area contributed by atoms with Crippen molar-refractivity contribution in [2.75, 3.05) is 11.9 Å². The molecule has 5 nitrogen and oxygen atoms in total. The number of aromatic nitrogens is 2. The maximum atomic E-state index is 13.3. The summed E-state index contributed by atoms with van der Waals surface area (Å²) in [5.74, 6) is 0. The standard InChI is InChI=1S/C23H19ClN4O/c24-18-8-2-4-10-20(18)27-23(29)28-13-11-17-16-7-1-3-9-19(16)26-21(17)22(28)15-6-5-12-25-14-15/h1-10,12,14,22,26H,11,13H2,(H,27,29). The largest absolute Gasteiger partial charge is 0.356 e. The van der Waals surface area contributed by atoms with E-state index in [1.165, 1.54) is 10.9 Å². The van der Waals surface area contributed by atoms with Gasteiger partial charge in [0, 0.05) is 35.5 Å². The van der Waals surface area contributed by atoms with Gasteiger partial charge in [-0.05, 0) is 41.8 Å². The molecule has 0 spiro atoms. The third-order valence-corrected chi connectivity index (χ3v) is 5.74. The molecule has 0 bridgehead atoms. The average Bonchev–Trinajstić information content (AvgIpc) is 3.14. The Morgan fingerprint density at radius 1 is 1.10 bits per heavy atom. The number of anilines is 1. The summed E-state index contributed by atoms with van der Waals surface area (Å²) < 4.78 is 0. The fraction of sp³-hybridized carbons (Fsp3) is 0.130. The fourth-order valence-electron chi connectivity index (χ4n) is 4.09. The quantitative estimate of drug-likeness (QED) is 0.471. The lowest BCUT2D eigenvalue weighted by Gasteiger charge is -2.36. The molecular weight excluding hydrogens is 384 g/mol. The van der Waals surface area contributed by atoms with Crippen LogP contribution in [0.1, 0.15) is 22.9 Å². The molecule has 1 atom stereocenters. The number of halogens is 1. The third kappa shape index (κ3) is 3.13. The summed E-state index contributed by atoms with van der Waals surface area (Å²) in [5, 5.41) is 4.69. The summed E-state index contributed by atoms with van der Waals surface area (Å²) in [7, 11) is 0. The Morgan fingerprint density at radius 3 is 2.76 bits per heavy atom. The first-order valence-corrected chi connectivity index (χ1v) is 9.92. The van der Waals surface area contributed by atoms with Crippen LogP contribution in [-0.2, 0) is 6.42 Å². The van der Waals surface area contributed by atoms with Crippen molar-refractivity contribution in [2.45, 2.75) is 12.5 Å². The van der Waals surface area contributed by atoms with Gasteiger partial charge in [0.25, 0.3) is 0 Å². The molecule has 1 aliphatic heterocycles. The number of rotatable bonds is 2. The Balaban J connectivity index is 1.58. The van der Waals surface area contributed by atoms with Gasteiger partial charge in [-0.2, -0.15) is 0 Å². The van der Waals surface area contributed by atoms with Gasteiger partial charge in [0.15, 0.2) is 0 Å². The van der Waals surface area contributed by atoms with Crippen molar-refractivity contribution in [1.82, 2.24) is 14.9 Å². The number of nitrogens with one attached hydrogen (secondary N) is 2. The predicted molar refractivity (Wildman–Crippen MR) is 115 cm³/mol. The van der Waals surface area contributed by atoms with E-state index >= 15 is 0 Å². The number of pyridine rings is 1. The highest BCUT2D eigenvalue weighted by Gasteiger charge is 2.34. The molecule has 3 heterocycles. The number of urea groups is 1. The molecule has 144 valence electrons. The van der Waals surface area contributed by atoms with Crippen LogP contribution in [0.15, 0.2) is 73.1 Å². The van der Waals surface area contributed by atoms with Crippen LogP contribution in [0.3, 0.4) is 0 Å². The predicted octanol–water partition coefficient (Wildman–Crippen LogP) is 5.40. The fourth-order valence-corrected chi connectivity index (χ4v) is 4.28. The van der Waals surface area contributed by atoms with Crippen LogP contribution in [0.4, 0.5) is 10.5 Å². The number of fused-ring (bicyclic) bond motifs is 3. The Bertz CT molecular complexity index is 1190. The molecule has 1 unspecified atom stereocenters. The first-order chi connectivity index (χ1) is 14.2. The van der Waals surface area contributed by atoms with Gasteiger partial charge in [-0.15, -0.1) is 0 Å². The minimum absolute atomic E-state index is 0.184. The second kappa shape index (κ2) is 7.26. The van der Waals surface area contributed by atoms with E-state index in [2.05, 4.69) is 27.4 Å². The molecule has 0 aliphatic carbocycles. The summed E-state index contributed by atoms with van der Waals surface area (Å²) in [5.41, 5.74) is 4.96. The van der Waals surface area contributed by atoms with Gasteiger partial charge < -0.3 is 15.2 Å². The van der Waals surface area contributed by atoms with Gasteiger partial charge in [-0.25, -0.2) is 4.79 Å². The third-order valence-electron chi connectivity index (χ3n) is 5.41. The Kier molecular flexibility index (Phi) is 4.45. The van der Waals surface area contributed by atoms with Crippen LogP contribution in [0, 0.1) is 0 Å². The second-order valence-corrected chi connectivity index (χ2v) is 7.51. The first-order valence-electron chi connectivity index (χ1n) is 9.54. The lowest BCUT2D eigenvalue weighted by molar-refractivity contribution is 0.193. The summed E-state index contributed by atoms with van der Waals surface area (Å²) in [6.45, 7) is 0.602. The van der Waals surface area contributed by atoms with Crippen molar-refractivity contribution >= 4 is 34.2 Å². The van der Waals surface area contributed by atoms with Gasteiger partial charge in [0.1, 0.15) is 6.04 Å². The van der Waals surface area contributed by atoms with Gasteiger partial charge in [-0.1, -0.05) is 48.0 Å². The first kappa shape index (κ1) is 17.8.